The molecule has 6 nitrogen and oxygen atoms in total. The molecule has 1 aromatic heterocycles. The van der Waals surface area contributed by atoms with Gasteiger partial charge in [0.25, 0.3) is 0 Å². The Balaban J connectivity index is 1.45. The molecule has 32 heavy (non-hydrogen) atoms. The first kappa shape index (κ1) is 21.6. The van der Waals surface area contributed by atoms with Gasteiger partial charge in [0.2, 0.25) is 5.91 Å². The highest BCUT2D eigenvalue weighted by molar-refractivity contribution is 7.99. The monoisotopic (exact) mass is 448 g/mol. The Hall–Kier alpha value is -3.65. The highest BCUT2D eigenvalue weighted by Crippen LogP contribution is 2.23. The van der Waals surface area contributed by atoms with Crippen LogP contribution in [0, 0.1) is 5.82 Å². The number of nitrogens with one attached hydrogen (secondary N) is 1. The van der Waals surface area contributed by atoms with Crippen LogP contribution in [0.25, 0.3) is 5.69 Å². The van der Waals surface area contributed by atoms with E-state index >= 15 is 0 Å². The summed E-state index contributed by atoms with van der Waals surface area (Å²) in [4.78, 5) is 12.3. The van der Waals surface area contributed by atoms with Gasteiger partial charge in [-0.15, -0.1) is 10.2 Å². The zero-order chi connectivity index (χ0) is 22.2. The Morgan fingerprint density at radius 3 is 2.38 bits per heavy atom. The van der Waals surface area contributed by atoms with Crippen molar-refractivity contribution >= 4 is 17.7 Å². The zero-order valence-electron chi connectivity index (χ0n) is 17.1. The van der Waals surface area contributed by atoms with E-state index in [4.69, 9.17) is 4.74 Å². The number of ether oxygens (including phenoxy) is 1. The van der Waals surface area contributed by atoms with Crippen LogP contribution in [0.1, 0.15) is 11.4 Å². The summed E-state index contributed by atoms with van der Waals surface area (Å²) < 4.78 is 21.3. The molecule has 1 heterocycles. The van der Waals surface area contributed by atoms with Crippen molar-refractivity contribution in [3.05, 3.63) is 102 Å². The number of hydrogen-bond acceptors (Lipinski definition) is 5. The number of carbonyl (C=O) groups excluding carboxylic acids is 1. The molecule has 3 aromatic carbocycles. The maximum atomic E-state index is 13.9. The molecule has 4 aromatic rings. The van der Waals surface area contributed by atoms with Crippen molar-refractivity contribution in [2.45, 2.75) is 18.3 Å². The quantitative estimate of drug-likeness (QED) is 0.385. The summed E-state index contributed by atoms with van der Waals surface area (Å²) in [6.07, 6.45) is 0. The third kappa shape index (κ3) is 5.53. The minimum atomic E-state index is -0.442. The molecular formula is C24H21FN4O2S. The summed E-state index contributed by atoms with van der Waals surface area (Å²) in [7, 11) is 0. The molecule has 0 saturated carbocycles. The average molecular weight is 449 g/mol. The van der Waals surface area contributed by atoms with Gasteiger partial charge in [0, 0.05) is 12.2 Å². The topological polar surface area (TPSA) is 69.0 Å². The smallest absolute Gasteiger partial charge is 0.230 e. The standard InChI is InChI=1S/C24H21FN4O2S/c25-20-13-7-8-14-21(20)31-16-22-27-28-24(29(22)19-11-5-2-6-12-19)32-17-23(30)26-15-18-9-3-1-4-10-18/h1-14H,15-17H2,(H,26,30). The van der Waals surface area contributed by atoms with Gasteiger partial charge in [0.1, 0.15) is 6.61 Å². The minimum Gasteiger partial charge on any atom is -0.483 e. The van der Waals surface area contributed by atoms with E-state index < -0.39 is 5.82 Å². The normalized spacial score (nSPS) is 10.7. The SMILES string of the molecule is O=C(CSc1nnc(COc2ccccc2F)n1-c1ccccc1)NCc1ccccc1. The second-order valence-electron chi connectivity index (χ2n) is 6.84. The summed E-state index contributed by atoms with van der Waals surface area (Å²) >= 11 is 1.28. The van der Waals surface area contributed by atoms with E-state index in [0.717, 1.165) is 11.3 Å². The number of thioether (sulfide) groups is 1. The molecule has 0 saturated heterocycles. The maximum Gasteiger partial charge on any atom is 0.230 e. The second-order valence-corrected chi connectivity index (χ2v) is 7.78. The number of aromatic nitrogens is 3. The first-order valence-corrected chi connectivity index (χ1v) is 11.0. The van der Waals surface area contributed by atoms with Crippen molar-refractivity contribution in [2.75, 3.05) is 5.75 Å². The van der Waals surface area contributed by atoms with Crippen LogP contribution >= 0.6 is 11.8 Å². The van der Waals surface area contributed by atoms with Gasteiger partial charge in [-0.2, -0.15) is 0 Å². The number of hydrogen-bond donors (Lipinski definition) is 1. The number of halogens is 1. The second kappa shape index (κ2) is 10.6. The van der Waals surface area contributed by atoms with E-state index in [1.165, 1.54) is 17.8 Å². The van der Waals surface area contributed by atoms with Crippen LogP contribution in [0.3, 0.4) is 0 Å². The lowest BCUT2D eigenvalue weighted by molar-refractivity contribution is -0.118. The van der Waals surface area contributed by atoms with Crippen molar-refractivity contribution in [1.82, 2.24) is 20.1 Å². The number of para-hydroxylation sites is 2. The molecule has 1 N–H and O–H groups in total. The van der Waals surface area contributed by atoms with Crippen molar-refractivity contribution in [3.63, 3.8) is 0 Å². The van der Waals surface area contributed by atoms with Crippen molar-refractivity contribution < 1.29 is 13.9 Å². The van der Waals surface area contributed by atoms with Crippen LogP contribution in [0.2, 0.25) is 0 Å². The van der Waals surface area contributed by atoms with Gasteiger partial charge >= 0.3 is 0 Å². The average Bonchev–Trinajstić information content (AvgIpc) is 3.25. The molecule has 0 atom stereocenters. The lowest BCUT2D eigenvalue weighted by Gasteiger charge is -2.11. The Labute approximate surface area is 189 Å². The molecule has 0 radical (unpaired) electrons. The van der Waals surface area contributed by atoms with Gasteiger partial charge in [0.05, 0.1) is 5.75 Å². The van der Waals surface area contributed by atoms with Crippen LogP contribution in [0.5, 0.6) is 5.75 Å². The van der Waals surface area contributed by atoms with E-state index in [1.807, 2.05) is 65.2 Å². The van der Waals surface area contributed by atoms with Crippen molar-refractivity contribution in [3.8, 4) is 11.4 Å². The fourth-order valence-electron chi connectivity index (χ4n) is 3.01. The Kier molecular flexibility index (Phi) is 7.14. The van der Waals surface area contributed by atoms with Crippen LogP contribution in [0.15, 0.2) is 90.1 Å². The number of nitrogens with zero attached hydrogens (tertiary/aromatic N) is 3. The predicted molar refractivity (Wildman–Crippen MR) is 121 cm³/mol. The van der Waals surface area contributed by atoms with Crippen LogP contribution in [0.4, 0.5) is 4.39 Å². The van der Waals surface area contributed by atoms with Gasteiger partial charge in [-0.25, -0.2) is 4.39 Å². The highest BCUT2D eigenvalue weighted by Gasteiger charge is 2.17. The molecule has 0 aliphatic carbocycles. The lowest BCUT2D eigenvalue weighted by atomic mass is 10.2. The van der Waals surface area contributed by atoms with E-state index in [2.05, 4.69) is 15.5 Å². The molecule has 0 bridgehead atoms. The van der Waals surface area contributed by atoms with Crippen molar-refractivity contribution in [2.24, 2.45) is 0 Å². The van der Waals surface area contributed by atoms with Gasteiger partial charge in [0.15, 0.2) is 22.5 Å². The Morgan fingerprint density at radius 1 is 0.938 bits per heavy atom. The fraction of sp³-hybridized carbons (Fsp3) is 0.125. The van der Waals surface area contributed by atoms with Crippen molar-refractivity contribution in [1.29, 1.82) is 0 Å². The predicted octanol–water partition coefficient (Wildman–Crippen LogP) is 4.39. The minimum absolute atomic E-state index is 0.0313. The van der Waals surface area contributed by atoms with Crippen LogP contribution < -0.4 is 10.1 Å². The van der Waals surface area contributed by atoms with E-state index in [1.54, 1.807) is 18.2 Å². The van der Waals surface area contributed by atoms with E-state index in [-0.39, 0.29) is 24.0 Å². The van der Waals surface area contributed by atoms with E-state index in [0.29, 0.717) is 17.5 Å². The first-order chi connectivity index (χ1) is 15.7. The molecule has 4 rings (SSSR count). The van der Waals surface area contributed by atoms with Gasteiger partial charge < -0.3 is 10.1 Å². The molecule has 0 aliphatic rings. The number of amides is 1. The van der Waals surface area contributed by atoms with Gasteiger partial charge in [-0.05, 0) is 29.8 Å². The summed E-state index contributed by atoms with van der Waals surface area (Å²) in [6.45, 7) is 0.497. The molecule has 0 unspecified atom stereocenters. The number of carbonyl (C=O) groups is 1. The Morgan fingerprint density at radius 2 is 1.62 bits per heavy atom. The molecule has 162 valence electrons. The third-order valence-corrected chi connectivity index (χ3v) is 5.50. The maximum absolute atomic E-state index is 13.9. The zero-order valence-corrected chi connectivity index (χ0v) is 18.0. The third-order valence-electron chi connectivity index (χ3n) is 4.57. The summed E-state index contributed by atoms with van der Waals surface area (Å²) in [5, 5.41) is 11.9. The summed E-state index contributed by atoms with van der Waals surface area (Å²) in [5.74, 6) is 0.288. The Bertz CT molecular complexity index is 1170. The molecule has 0 fully saturated rings. The van der Waals surface area contributed by atoms with Crippen LogP contribution in [-0.4, -0.2) is 26.4 Å². The lowest BCUT2D eigenvalue weighted by Crippen LogP contribution is -2.24. The molecule has 1 amide bonds. The van der Waals surface area contributed by atoms with Gasteiger partial charge in [-0.1, -0.05) is 72.4 Å². The first-order valence-electron chi connectivity index (χ1n) is 10.0. The summed E-state index contributed by atoms with van der Waals surface area (Å²) in [5.41, 5.74) is 1.86. The number of benzene rings is 3. The number of rotatable bonds is 9. The molecule has 8 heteroatoms. The summed E-state index contributed by atoms with van der Waals surface area (Å²) in [6, 6.07) is 25.5. The van der Waals surface area contributed by atoms with Gasteiger partial charge in [-0.3, -0.25) is 9.36 Å². The van der Waals surface area contributed by atoms with Crippen LogP contribution in [-0.2, 0) is 17.9 Å². The molecule has 0 spiro atoms. The fourth-order valence-corrected chi connectivity index (χ4v) is 3.81. The highest BCUT2D eigenvalue weighted by atomic mass is 32.2. The molecule has 0 aliphatic heterocycles. The molecular weight excluding hydrogens is 427 g/mol. The largest absolute Gasteiger partial charge is 0.483 e. The van der Waals surface area contributed by atoms with E-state index in [9.17, 15) is 9.18 Å².